The number of aliphatic hydroxyl groups excluding tert-OH is 8. The van der Waals surface area contributed by atoms with Crippen LogP contribution in [0.1, 0.15) is 200 Å². The molecule has 2 rings (SSSR count). The number of nitrogens with one attached hydrogen (secondary N) is 1. The lowest BCUT2D eigenvalue weighted by molar-refractivity contribution is -0.359. The highest BCUT2D eigenvalue weighted by molar-refractivity contribution is 5.76. The second kappa shape index (κ2) is 49.3. The Bertz CT molecular complexity index is 1740. The van der Waals surface area contributed by atoms with Gasteiger partial charge in [-0.15, -0.1) is 0 Å². The zero-order chi connectivity index (χ0) is 57.4. The van der Waals surface area contributed by atoms with Gasteiger partial charge in [-0.1, -0.05) is 207 Å². The summed E-state index contributed by atoms with van der Waals surface area (Å²) in [7, 11) is 0. The van der Waals surface area contributed by atoms with Crippen molar-refractivity contribution in [1.82, 2.24) is 5.32 Å². The van der Waals surface area contributed by atoms with Gasteiger partial charge in [-0.2, -0.15) is 0 Å². The summed E-state index contributed by atoms with van der Waals surface area (Å²) < 4.78 is 22.7. The molecule has 452 valence electrons. The summed E-state index contributed by atoms with van der Waals surface area (Å²) in [6.45, 7) is 2.62. The molecule has 1 amide bonds. The van der Waals surface area contributed by atoms with Gasteiger partial charge in [0.25, 0.3) is 0 Å². The number of unbranched alkanes of at least 4 members (excludes halogenated alkanes) is 18. The number of carbonyl (C=O) groups excluding carboxylic acids is 1. The summed E-state index contributed by atoms with van der Waals surface area (Å²) in [4.78, 5) is 13.2. The summed E-state index contributed by atoms with van der Waals surface area (Å²) in [6, 6.07) is -0.970. The van der Waals surface area contributed by atoms with Crippen LogP contribution in [-0.4, -0.2) is 140 Å². The minimum atomic E-state index is -1.80. The molecule has 14 nitrogen and oxygen atoms in total. The molecule has 9 N–H and O–H groups in total. The molecule has 0 saturated carbocycles. The molecule has 12 unspecified atom stereocenters. The van der Waals surface area contributed by atoms with Crippen LogP contribution in [0.2, 0.25) is 0 Å². The third kappa shape index (κ3) is 34.6. The third-order valence-corrected chi connectivity index (χ3v) is 14.2. The van der Waals surface area contributed by atoms with Gasteiger partial charge in [0.15, 0.2) is 12.6 Å². The fourth-order valence-corrected chi connectivity index (χ4v) is 9.27. The van der Waals surface area contributed by atoms with Crippen molar-refractivity contribution in [3.8, 4) is 0 Å². The predicted molar refractivity (Wildman–Crippen MR) is 318 cm³/mol. The molecule has 2 fully saturated rings. The van der Waals surface area contributed by atoms with E-state index >= 15 is 0 Å². The molecule has 2 aliphatic heterocycles. The van der Waals surface area contributed by atoms with Crippen LogP contribution in [0.5, 0.6) is 0 Å². The molecule has 0 aromatic carbocycles. The topological polar surface area (TPSA) is 228 Å². The molecule has 79 heavy (non-hydrogen) atoms. The van der Waals surface area contributed by atoms with E-state index in [9.17, 15) is 45.6 Å². The van der Waals surface area contributed by atoms with Gasteiger partial charge in [-0.05, 0) is 96.3 Å². The third-order valence-electron chi connectivity index (χ3n) is 14.2. The molecule has 0 radical (unpaired) electrons. The molecule has 0 spiro atoms. The quantitative estimate of drug-likeness (QED) is 0.0204. The minimum Gasteiger partial charge on any atom is -0.394 e. The van der Waals surface area contributed by atoms with Crippen LogP contribution in [-0.2, 0) is 23.7 Å². The highest BCUT2D eigenvalue weighted by atomic mass is 16.7. The smallest absolute Gasteiger partial charge is 0.220 e. The minimum absolute atomic E-state index is 0.208. The first-order chi connectivity index (χ1) is 38.6. The van der Waals surface area contributed by atoms with Crippen molar-refractivity contribution in [2.24, 2.45) is 0 Å². The first-order valence-electron chi connectivity index (χ1n) is 30.6. The van der Waals surface area contributed by atoms with Gasteiger partial charge < -0.3 is 65.1 Å². The van der Waals surface area contributed by atoms with E-state index < -0.39 is 86.8 Å². The van der Waals surface area contributed by atoms with Crippen molar-refractivity contribution in [3.05, 3.63) is 109 Å². The Labute approximate surface area is 476 Å². The highest BCUT2D eigenvalue weighted by Gasteiger charge is 2.51. The Kier molecular flexibility index (Phi) is 44.8. The number of aliphatic hydroxyl groups is 8. The molecule has 2 aliphatic rings. The van der Waals surface area contributed by atoms with Crippen LogP contribution in [0.15, 0.2) is 109 Å². The predicted octanol–water partition coefficient (Wildman–Crippen LogP) is 10.8. The highest BCUT2D eigenvalue weighted by Crippen LogP contribution is 2.30. The van der Waals surface area contributed by atoms with E-state index in [0.717, 1.165) is 77.0 Å². The number of carbonyl (C=O) groups is 1. The molecule has 14 heteroatoms. The Morgan fingerprint density at radius 3 is 1.39 bits per heavy atom. The summed E-state index contributed by atoms with van der Waals surface area (Å²) in [5, 5.41) is 87.1. The van der Waals surface area contributed by atoms with E-state index in [0.29, 0.717) is 12.8 Å². The second-order valence-corrected chi connectivity index (χ2v) is 21.1. The van der Waals surface area contributed by atoms with E-state index in [1.54, 1.807) is 6.08 Å². The molecule has 0 aliphatic carbocycles. The van der Waals surface area contributed by atoms with Crippen LogP contribution in [0.3, 0.4) is 0 Å². The van der Waals surface area contributed by atoms with Crippen molar-refractivity contribution in [2.75, 3.05) is 19.8 Å². The van der Waals surface area contributed by atoms with Gasteiger partial charge in [0.1, 0.15) is 48.8 Å². The van der Waals surface area contributed by atoms with Gasteiger partial charge in [-0.3, -0.25) is 4.79 Å². The average molecular weight is 1110 g/mol. The maximum atomic E-state index is 13.2. The van der Waals surface area contributed by atoms with E-state index in [1.165, 1.54) is 89.9 Å². The lowest BCUT2D eigenvalue weighted by atomic mass is 9.97. The fourth-order valence-electron chi connectivity index (χ4n) is 9.27. The lowest BCUT2D eigenvalue weighted by Gasteiger charge is -2.46. The Morgan fingerprint density at radius 2 is 0.886 bits per heavy atom. The number of ether oxygens (including phenoxy) is 4. The fraction of sp³-hybridized carbons (Fsp3) is 0.708. The van der Waals surface area contributed by atoms with Crippen LogP contribution in [0.25, 0.3) is 0 Å². The average Bonchev–Trinajstić information content (AvgIpc) is 3.47. The molecule has 0 aromatic rings. The van der Waals surface area contributed by atoms with Crippen molar-refractivity contribution < 1.29 is 64.6 Å². The first kappa shape index (κ1) is 71.8. The lowest BCUT2D eigenvalue weighted by Crippen LogP contribution is -2.65. The summed E-state index contributed by atoms with van der Waals surface area (Å²) in [5.74, 6) is -0.299. The van der Waals surface area contributed by atoms with Crippen LogP contribution >= 0.6 is 0 Å². The zero-order valence-corrected chi connectivity index (χ0v) is 48.6. The van der Waals surface area contributed by atoms with Crippen molar-refractivity contribution in [3.63, 3.8) is 0 Å². The van der Waals surface area contributed by atoms with Gasteiger partial charge in [-0.25, -0.2) is 0 Å². The molecule has 2 saturated heterocycles. The number of amides is 1. The van der Waals surface area contributed by atoms with Crippen LogP contribution < -0.4 is 5.32 Å². The molecular weight excluding hydrogens is 1000 g/mol. The zero-order valence-electron chi connectivity index (χ0n) is 48.6. The largest absolute Gasteiger partial charge is 0.394 e. The van der Waals surface area contributed by atoms with Gasteiger partial charge >= 0.3 is 0 Å². The van der Waals surface area contributed by atoms with Gasteiger partial charge in [0, 0.05) is 6.42 Å². The van der Waals surface area contributed by atoms with Crippen LogP contribution in [0.4, 0.5) is 0 Å². The normalized spacial score (nSPS) is 25.2. The number of hydrogen-bond acceptors (Lipinski definition) is 13. The number of rotatable bonds is 47. The first-order valence-corrected chi connectivity index (χ1v) is 30.6. The summed E-state index contributed by atoms with van der Waals surface area (Å²) in [6.07, 6.45) is 52.7. The Morgan fingerprint density at radius 1 is 0.468 bits per heavy atom. The van der Waals surface area contributed by atoms with Gasteiger partial charge in [0.2, 0.25) is 5.91 Å². The van der Waals surface area contributed by atoms with E-state index in [1.807, 2.05) is 6.08 Å². The molecule has 2 heterocycles. The molecular formula is C65H109NO13. The SMILES string of the molecule is CC/C=C\C/C=C\C/C=C\C/C=C\C/C=C\C/C=C\CCCCC(=O)NC(COC1OC(CO)C(OC2OC(CO)C(O)C(O)C2O)C(O)C1O)C(O)/C=C/CC/C=C/CC/C=C/CCCCCCCCCCCCCCCC. The maximum Gasteiger partial charge on any atom is 0.220 e. The Balaban J connectivity index is 1.81. The van der Waals surface area contributed by atoms with Crippen LogP contribution in [0, 0.1) is 0 Å². The standard InChI is InChI=1S/C65H109NO13/c1-3-5-7-9-11-13-15-17-19-21-23-25-26-27-29-30-32-34-36-38-40-42-44-46-48-54(69)53(52-76-64-62(75)60(73)63(56(51-68)78-64)79-65-61(74)59(72)58(71)55(50-67)77-65)66-57(70)49-47-45-43-41-39-37-35-33-31-28-24-22-20-18-16-14-12-10-8-6-4-2/h6,8,12,14,18,20,24,28,30,32-33,35,38-41,46,48,53-56,58-65,67-69,71-75H,3-5,7,9-11,13,15-17,19,21-23,25-27,29,31,34,36-37,42-45,47,49-52H2,1-2H3,(H,66,70)/b8-6-,14-12-,20-18-,28-24-,32-30+,35-33-,40-38+,41-39-,48-46+. The number of hydrogen-bond donors (Lipinski definition) is 9. The van der Waals surface area contributed by atoms with Crippen molar-refractivity contribution in [2.45, 2.75) is 274 Å². The molecule has 12 atom stereocenters. The van der Waals surface area contributed by atoms with Crippen molar-refractivity contribution in [1.29, 1.82) is 0 Å². The molecule has 0 aromatic heterocycles. The number of allylic oxidation sites excluding steroid dienone is 17. The van der Waals surface area contributed by atoms with E-state index in [2.05, 4.69) is 116 Å². The molecule has 0 bridgehead atoms. The maximum absolute atomic E-state index is 13.2. The summed E-state index contributed by atoms with van der Waals surface area (Å²) >= 11 is 0. The van der Waals surface area contributed by atoms with E-state index in [4.69, 9.17) is 18.9 Å². The Hall–Kier alpha value is -3.35. The van der Waals surface area contributed by atoms with Crippen molar-refractivity contribution >= 4 is 5.91 Å². The monoisotopic (exact) mass is 1110 g/mol. The summed E-state index contributed by atoms with van der Waals surface area (Å²) in [5.41, 5.74) is 0. The second-order valence-electron chi connectivity index (χ2n) is 21.1. The van der Waals surface area contributed by atoms with E-state index in [-0.39, 0.29) is 18.9 Å². The van der Waals surface area contributed by atoms with Gasteiger partial charge in [0.05, 0.1) is 32.0 Å².